The quantitative estimate of drug-likeness (QED) is 0.890. The van der Waals surface area contributed by atoms with E-state index in [1.54, 1.807) is 12.1 Å². The fraction of sp³-hybridized carbons (Fsp3) is 0.500. The van der Waals surface area contributed by atoms with Crippen molar-refractivity contribution in [3.8, 4) is 0 Å². The number of hydrogen-bond acceptors (Lipinski definition) is 3. The van der Waals surface area contributed by atoms with Gasteiger partial charge in [-0.05, 0) is 31.5 Å². The Balaban J connectivity index is 1.99. The van der Waals surface area contributed by atoms with Crippen molar-refractivity contribution in [1.82, 2.24) is 4.90 Å². The lowest BCUT2D eigenvalue weighted by Gasteiger charge is -2.38. The van der Waals surface area contributed by atoms with Gasteiger partial charge in [0.05, 0.1) is 17.8 Å². The van der Waals surface area contributed by atoms with E-state index in [1.165, 1.54) is 0 Å². The first-order chi connectivity index (χ1) is 8.46. The van der Waals surface area contributed by atoms with Crippen molar-refractivity contribution in [2.75, 3.05) is 19.7 Å². The van der Waals surface area contributed by atoms with Crippen LogP contribution in [0.3, 0.4) is 0 Å². The molecule has 1 aliphatic heterocycles. The molecule has 1 aromatic carbocycles. The highest BCUT2D eigenvalue weighted by Gasteiger charge is 2.26. The van der Waals surface area contributed by atoms with E-state index in [9.17, 15) is 4.79 Å². The van der Waals surface area contributed by atoms with Crippen LogP contribution in [0, 0.1) is 0 Å². The molecule has 1 N–H and O–H groups in total. The molecule has 0 bridgehead atoms. The minimum absolute atomic E-state index is 0.0980. The molecular formula is C14H19NO3. The Bertz CT molecular complexity index is 425. The molecule has 2 rings (SSSR count). The summed E-state index contributed by atoms with van der Waals surface area (Å²) in [5, 5.41) is 8.84. The molecular weight excluding hydrogens is 230 g/mol. The summed E-state index contributed by atoms with van der Waals surface area (Å²) >= 11 is 0. The molecule has 0 aliphatic carbocycles. The topological polar surface area (TPSA) is 49.8 Å². The second-order valence-electron chi connectivity index (χ2n) is 5.32. The van der Waals surface area contributed by atoms with Crippen molar-refractivity contribution in [3.05, 3.63) is 35.4 Å². The summed E-state index contributed by atoms with van der Waals surface area (Å²) in [4.78, 5) is 13.1. The molecule has 0 atom stereocenters. The molecule has 0 unspecified atom stereocenters. The van der Waals surface area contributed by atoms with Crippen molar-refractivity contribution in [2.45, 2.75) is 26.0 Å². The first-order valence-corrected chi connectivity index (χ1v) is 6.15. The van der Waals surface area contributed by atoms with Crippen LogP contribution >= 0.6 is 0 Å². The van der Waals surface area contributed by atoms with Gasteiger partial charge in [-0.1, -0.05) is 12.1 Å². The fourth-order valence-corrected chi connectivity index (χ4v) is 2.26. The van der Waals surface area contributed by atoms with Gasteiger partial charge >= 0.3 is 5.97 Å². The highest BCUT2D eigenvalue weighted by atomic mass is 16.5. The number of benzene rings is 1. The van der Waals surface area contributed by atoms with Gasteiger partial charge in [0.1, 0.15) is 0 Å². The lowest BCUT2D eigenvalue weighted by Crippen LogP contribution is -2.47. The van der Waals surface area contributed by atoms with Crippen LogP contribution in [0.2, 0.25) is 0 Å². The van der Waals surface area contributed by atoms with Crippen LogP contribution in [0.15, 0.2) is 24.3 Å². The number of carbonyl (C=O) groups is 1. The largest absolute Gasteiger partial charge is 0.478 e. The standard InChI is InChI=1S/C14H19NO3/c1-14(2)10-15(7-8-18-14)9-11-3-5-12(6-4-11)13(16)17/h3-6H,7-10H2,1-2H3,(H,16,17). The normalized spacial score (nSPS) is 19.7. The average Bonchev–Trinajstić information content (AvgIpc) is 2.28. The molecule has 1 saturated heterocycles. The average molecular weight is 249 g/mol. The minimum atomic E-state index is -0.881. The van der Waals surface area contributed by atoms with Crippen LogP contribution in [0.1, 0.15) is 29.8 Å². The van der Waals surface area contributed by atoms with Crippen molar-refractivity contribution in [1.29, 1.82) is 0 Å². The van der Waals surface area contributed by atoms with Crippen molar-refractivity contribution in [3.63, 3.8) is 0 Å². The van der Waals surface area contributed by atoms with Crippen LogP contribution in [-0.2, 0) is 11.3 Å². The molecule has 1 heterocycles. The zero-order valence-corrected chi connectivity index (χ0v) is 10.8. The molecule has 1 aliphatic rings. The van der Waals surface area contributed by atoms with Crippen LogP contribution in [-0.4, -0.2) is 41.3 Å². The fourth-order valence-electron chi connectivity index (χ4n) is 2.26. The van der Waals surface area contributed by atoms with Gasteiger partial charge in [0.15, 0.2) is 0 Å². The summed E-state index contributed by atoms with van der Waals surface area (Å²) in [7, 11) is 0. The lowest BCUT2D eigenvalue weighted by molar-refractivity contribution is -0.0882. The Morgan fingerprint density at radius 1 is 1.39 bits per heavy atom. The molecule has 0 saturated carbocycles. The molecule has 4 nitrogen and oxygen atoms in total. The lowest BCUT2D eigenvalue weighted by atomic mass is 10.1. The number of morpholine rings is 1. The summed E-state index contributed by atoms with van der Waals surface area (Å²) in [5.74, 6) is -0.881. The van der Waals surface area contributed by atoms with Crippen LogP contribution in [0.4, 0.5) is 0 Å². The molecule has 98 valence electrons. The summed E-state index contributed by atoms with van der Waals surface area (Å²) in [6.45, 7) is 7.59. The number of nitrogens with zero attached hydrogens (tertiary/aromatic N) is 1. The van der Waals surface area contributed by atoms with E-state index < -0.39 is 5.97 Å². The van der Waals surface area contributed by atoms with Gasteiger partial charge in [0.2, 0.25) is 0 Å². The number of ether oxygens (including phenoxy) is 1. The number of carboxylic acid groups (broad SMARTS) is 1. The third-order valence-electron chi connectivity index (χ3n) is 3.11. The number of carboxylic acids is 1. The van der Waals surface area contributed by atoms with Crippen molar-refractivity contribution in [2.24, 2.45) is 0 Å². The molecule has 0 amide bonds. The second-order valence-corrected chi connectivity index (χ2v) is 5.32. The smallest absolute Gasteiger partial charge is 0.335 e. The van der Waals surface area contributed by atoms with E-state index in [-0.39, 0.29) is 5.60 Å². The molecule has 1 fully saturated rings. The predicted molar refractivity (Wildman–Crippen MR) is 68.7 cm³/mol. The maximum absolute atomic E-state index is 10.8. The zero-order chi connectivity index (χ0) is 13.2. The number of rotatable bonds is 3. The second kappa shape index (κ2) is 5.08. The Labute approximate surface area is 107 Å². The van der Waals surface area contributed by atoms with E-state index in [0.717, 1.165) is 31.8 Å². The van der Waals surface area contributed by atoms with E-state index in [1.807, 2.05) is 12.1 Å². The maximum Gasteiger partial charge on any atom is 0.335 e. The summed E-state index contributed by atoms with van der Waals surface area (Å²) < 4.78 is 5.66. The molecule has 18 heavy (non-hydrogen) atoms. The third kappa shape index (κ3) is 3.31. The van der Waals surface area contributed by atoms with Gasteiger partial charge in [-0.3, -0.25) is 4.90 Å². The van der Waals surface area contributed by atoms with Crippen LogP contribution in [0.5, 0.6) is 0 Å². The minimum Gasteiger partial charge on any atom is -0.478 e. The van der Waals surface area contributed by atoms with Crippen molar-refractivity contribution >= 4 is 5.97 Å². The van der Waals surface area contributed by atoms with Gasteiger partial charge in [0, 0.05) is 19.6 Å². The zero-order valence-electron chi connectivity index (χ0n) is 10.8. The first-order valence-electron chi connectivity index (χ1n) is 6.15. The van der Waals surface area contributed by atoms with E-state index in [2.05, 4.69) is 18.7 Å². The summed E-state index contributed by atoms with van der Waals surface area (Å²) in [5.41, 5.74) is 1.37. The van der Waals surface area contributed by atoms with E-state index in [4.69, 9.17) is 9.84 Å². The van der Waals surface area contributed by atoms with Gasteiger partial charge in [-0.25, -0.2) is 4.79 Å². The summed E-state index contributed by atoms with van der Waals surface area (Å²) in [6.07, 6.45) is 0. The van der Waals surface area contributed by atoms with E-state index in [0.29, 0.717) is 5.56 Å². The molecule has 1 aromatic rings. The number of aromatic carboxylic acids is 1. The molecule has 4 heteroatoms. The highest BCUT2D eigenvalue weighted by molar-refractivity contribution is 5.87. The Kier molecular flexibility index (Phi) is 3.68. The SMILES string of the molecule is CC1(C)CN(Cc2ccc(C(=O)O)cc2)CCO1. The Hall–Kier alpha value is -1.39. The molecule has 0 radical (unpaired) electrons. The first kappa shape index (κ1) is 13.1. The van der Waals surface area contributed by atoms with Crippen LogP contribution < -0.4 is 0 Å². The van der Waals surface area contributed by atoms with Gasteiger partial charge in [-0.15, -0.1) is 0 Å². The maximum atomic E-state index is 10.8. The monoisotopic (exact) mass is 249 g/mol. The van der Waals surface area contributed by atoms with Crippen molar-refractivity contribution < 1.29 is 14.6 Å². The van der Waals surface area contributed by atoms with Gasteiger partial charge in [-0.2, -0.15) is 0 Å². The van der Waals surface area contributed by atoms with Gasteiger partial charge < -0.3 is 9.84 Å². The summed E-state index contributed by atoms with van der Waals surface area (Å²) in [6, 6.07) is 7.07. The molecule has 0 aromatic heterocycles. The van der Waals surface area contributed by atoms with Gasteiger partial charge in [0.25, 0.3) is 0 Å². The van der Waals surface area contributed by atoms with Crippen LogP contribution in [0.25, 0.3) is 0 Å². The van der Waals surface area contributed by atoms with E-state index >= 15 is 0 Å². The Morgan fingerprint density at radius 2 is 2.06 bits per heavy atom. The highest BCUT2D eigenvalue weighted by Crippen LogP contribution is 2.18. The third-order valence-corrected chi connectivity index (χ3v) is 3.11. The predicted octanol–water partition coefficient (Wildman–Crippen LogP) is 2.00. The Morgan fingerprint density at radius 3 is 2.61 bits per heavy atom. The molecule has 0 spiro atoms. The number of hydrogen-bond donors (Lipinski definition) is 1.